The third kappa shape index (κ3) is 3.49. The fourth-order valence-electron chi connectivity index (χ4n) is 2.13. The Balaban J connectivity index is 1.69. The van der Waals surface area contributed by atoms with E-state index in [9.17, 15) is 5.11 Å². The van der Waals surface area contributed by atoms with Gasteiger partial charge in [0, 0.05) is 23.5 Å². The second-order valence-electron chi connectivity index (χ2n) is 4.93. The van der Waals surface area contributed by atoms with Crippen LogP contribution in [0.25, 0.3) is 11.1 Å². The number of aromatic hydroxyl groups is 1. The van der Waals surface area contributed by atoms with Gasteiger partial charge in [0.2, 0.25) is 5.95 Å². The molecule has 3 aromatic rings. The number of aromatic nitrogens is 2. The molecule has 6 heteroatoms. The van der Waals surface area contributed by atoms with Crippen LogP contribution in [0.15, 0.2) is 66.0 Å². The van der Waals surface area contributed by atoms with Crippen molar-refractivity contribution in [1.29, 1.82) is 0 Å². The highest BCUT2D eigenvalue weighted by Gasteiger charge is 2.04. The van der Waals surface area contributed by atoms with Gasteiger partial charge in [-0.1, -0.05) is 36.4 Å². The van der Waals surface area contributed by atoms with E-state index in [1.54, 1.807) is 30.6 Å². The van der Waals surface area contributed by atoms with Crippen LogP contribution >= 0.6 is 0 Å². The van der Waals surface area contributed by atoms with Crippen molar-refractivity contribution in [3.05, 3.63) is 66.5 Å². The fourth-order valence-corrected chi connectivity index (χ4v) is 2.13. The molecule has 0 saturated carbocycles. The quantitative estimate of drug-likeness (QED) is 0.557. The summed E-state index contributed by atoms with van der Waals surface area (Å²) in [6, 6.07) is 15.0. The minimum absolute atomic E-state index is 0.0332. The molecule has 6 nitrogen and oxygen atoms in total. The first kappa shape index (κ1) is 15.5. The van der Waals surface area contributed by atoms with Gasteiger partial charge in [0.05, 0.1) is 13.3 Å². The Morgan fingerprint density at radius 2 is 1.75 bits per heavy atom. The van der Waals surface area contributed by atoms with E-state index >= 15 is 0 Å². The summed E-state index contributed by atoms with van der Waals surface area (Å²) < 4.78 is 5.05. The highest BCUT2D eigenvalue weighted by atomic mass is 16.5. The zero-order valence-corrected chi connectivity index (χ0v) is 13.0. The minimum atomic E-state index is 0.0332. The Bertz CT molecular complexity index is 833. The number of anilines is 1. The first-order valence-electron chi connectivity index (χ1n) is 7.30. The molecule has 24 heavy (non-hydrogen) atoms. The lowest BCUT2D eigenvalue weighted by Crippen LogP contribution is -1.97. The number of rotatable bonds is 5. The molecule has 1 aromatic heterocycles. The summed E-state index contributed by atoms with van der Waals surface area (Å²) in [7, 11) is 1.50. The SMILES string of the molecule is COc1cccc(C=NNc2ncc(-c3ccccc3)cn2)c1O. The predicted octanol–water partition coefficient (Wildman–Crippen LogP) is 3.30. The van der Waals surface area contributed by atoms with Crippen LogP contribution in [0.5, 0.6) is 11.5 Å². The molecule has 0 atom stereocenters. The monoisotopic (exact) mass is 320 g/mol. The van der Waals surface area contributed by atoms with Gasteiger partial charge in [-0.3, -0.25) is 0 Å². The number of phenolic OH excluding ortho intramolecular Hbond substituents is 1. The number of ether oxygens (including phenoxy) is 1. The lowest BCUT2D eigenvalue weighted by molar-refractivity contribution is 0.373. The summed E-state index contributed by atoms with van der Waals surface area (Å²) in [6.45, 7) is 0. The topological polar surface area (TPSA) is 79.6 Å². The van der Waals surface area contributed by atoms with Crippen LogP contribution < -0.4 is 10.2 Å². The molecule has 0 saturated heterocycles. The van der Waals surface area contributed by atoms with Crippen molar-refractivity contribution in [2.75, 3.05) is 12.5 Å². The summed E-state index contributed by atoms with van der Waals surface area (Å²) in [6.07, 6.45) is 4.93. The highest BCUT2D eigenvalue weighted by molar-refractivity contribution is 5.85. The van der Waals surface area contributed by atoms with Crippen molar-refractivity contribution in [2.24, 2.45) is 5.10 Å². The van der Waals surface area contributed by atoms with Crippen LogP contribution in [-0.4, -0.2) is 28.4 Å². The van der Waals surface area contributed by atoms with Gasteiger partial charge in [-0.05, 0) is 17.7 Å². The Labute approximate surface area is 139 Å². The van der Waals surface area contributed by atoms with E-state index in [2.05, 4.69) is 20.5 Å². The second kappa shape index (κ2) is 7.23. The molecule has 0 aliphatic heterocycles. The fraction of sp³-hybridized carbons (Fsp3) is 0.0556. The Kier molecular flexibility index (Phi) is 4.67. The molecule has 0 unspecified atom stereocenters. The van der Waals surface area contributed by atoms with E-state index < -0.39 is 0 Å². The van der Waals surface area contributed by atoms with Gasteiger partial charge >= 0.3 is 0 Å². The summed E-state index contributed by atoms with van der Waals surface area (Å²) in [5.41, 5.74) is 5.24. The first-order chi connectivity index (χ1) is 11.8. The lowest BCUT2D eigenvalue weighted by atomic mass is 10.1. The van der Waals surface area contributed by atoms with Crippen LogP contribution in [0.1, 0.15) is 5.56 Å². The van der Waals surface area contributed by atoms with Crippen molar-refractivity contribution in [1.82, 2.24) is 9.97 Å². The summed E-state index contributed by atoms with van der Waals surface area (Å²) in [4.78, 5) is 8.44. The summed E-state index contributed by atoms with van der Waals surface area (Å²) >= 11 is 0. The number of nitrogens with zero attached hydrogens (tertiary/aromatic N) is 3. The van der Waals surface area contributed by atoms with Gasteiger partial charge in [0.15, 0.2) is 11.5 Å². The van der Waals surface area contributed by atoms with Crippen LogP contribution in [0.4, 0.5) is 5.95 Å². The zero-order valence-electron chi connectivity index (χ0n) is 13.0. The van der Waals surface area contributed by atoms with E-state index in [4.69, 9.17) is 4.74 Å². The van der Waals surface area contributed by atoms with Gasteiger partial charge in [-0.25, -0.2) is 15.4 Å². The maximum atomic E-state index is 9.97. The molecule has 2 N–H and O–H groups in total. The third-order valence-electron chi connectivity index (χ3n) is 3.38. The predicted molar refractivity (Wildman–Crippen MR) is 93.3 cm³/mol. The van der Waals surface area contributed by atoms with Crippen molar-refractivity contribution in [3.63, 3.8) is 0 Å². The number of benzene rings is 2. The van der Waals surface area contributed by atoms with Crippen molar-refractivity contribution in [3.8, 4) is 22.6 Å². The number of methoxy groups -OCH3 is 1. The molecule has 0 fully saturated rings. The Hall–Kier alpha value is -3.41. The largest absolute Gasteiger partial charge is 0.504 e. The standard InChI is InChI=1S/C18H16N4O2/c1-24-16-9-5-8-14(17(16)23)12-21-22-18-19-10-15(11-20-18)13-6-3-2-4-7-13/h2-12,23H,1H3,(H,19,20,22). The van der Waals surface area contributed by atoms with Crippen LogP contribution in [-0.2, 0) is 0 Å². The second-order valence-corrected chi connectivity index (χ2v) is 4.93. The molecule has 1 heterocycles. The smallest absolute Gasteiger partial charge is 0.243 e. The highest BCUT2D eigenvalue weighted by Crippen LogP contribution is 2.28. The van der Waals surface area contributed by atoms with Crippen LogP contribution in [0.3, 0.4) is 0 Å². The molecule has 2 aromatic carbocycles. The van der Waals surface area contributed by atoms with E-state index in [0.29, 0.717) is 17.3 Å². The van der Waals surface area contributed by atoms with Gasteiger partial charge in [0.25, 0.3) is 0 Å². The lowest BCUT2D eigenvalue weighted by Gasteiger charge is -2.05. The molecular formula is C18H16N4O2. The Morgan fingerprint density at radius 3 is 2.46 bits per heavy atom. The molecule has 0 amide bonds. The number of hydrogen-bond donors (Lipinski definition) is 2. The van der Waals surface area contributed by atoms with Crippen LogP contribution in [0.2, 0.25) is 0 Å². The molecule has 0 spiro atoms. The van der Waals surface area contributed by atoms with E-state index in [0.717, 1.165) is 11.1 Å². The maximum Gasteiger partial charge on any atom is 0.243 e. The average Bonchev–Trinajstić information content (AvgIpc) is 2.64. The number of hydrogen-bond acceptors (Lipinski definition) is 6. The van der Waals surface area contributed by atoms with Gasteiger partial charge < -0.3 is 9.84 Å². The van der Waals surface area contributed by atoms with Gasteiger partial charge in [-0.2, -0.15) is 5.10 Å². The summed E-state index contributed by atoms with van der Waals surface area (Å²) in [5, 5.41) is 14.0. The molecule has 0 aliphatic rings. The number of para-hydroxylation sites is 1. The molecule has 0 aliphatic carbocycles. The molecular weight excluding hydrogens is 304 g/mol. The van der Waals surface area contributed by atoms with Gasteiger partial charge in [0.1, 0.15) is 0 Å². The Morgan fingerprint density at radius 1 is 1.00 bits per heavy atom. The van der Waals surface area contributed by atoms with Crippen molar-refractivity contribution in [2.45, 2.75) is 0 Å². The van der Waals surface area contributed by atoms with E-state index in [1.807, 2.05) is 30.3 Å². The van der Waals surface area contributed by atoms with Crippen molar-refractivity contribution < 1.29 is 9.84 Å². The van der Waals surface area contributed by atoms with Gasteiger partial charge in [-0.15, -0.1) is 0 Å². The number of hydrazone groups is 1. The maximum absolute atomic E-state index is 9.97. The molecule has 120 valence electrons. The zero-order chi connectivity index (χ0) is 16.8. The number of phenols is 1. The molecule has 3 rings (SSSR count). The average molecular weight is 320 g/mol. The minimum Gasteiger partial charge on any atom is -0.504 e. The first-order valence-corrected chi connectivity index (χ1v) is 7.30. The molecule has 0 bridgehead atoms. The third-order valence-corrected chi connectivity index (χ3v) is 3.38. The van der Waals surface area contributed by atoms with E-state index in [-0.39, 0.29) is 5.75 Å². The van der Waals surface area contributed by atoms with Crippen LogP contribution in [0, 0.1) is 0 Å². The van der Waals surface area contributed by atoms with E-state index in [1.165, 1.54) is 13.3 Å². The number of nitrogens with one attached hydrogen (secondary N) is 1. The normalized spacial score (nSPS) is 10.7. The molecule has 0 radical (unpaired) electrons. The summed E-state index contributed by atoms with van der Waals surface area (Å²) in [5.74, 6) is 0.793. The van der Waals surface area contributed by atoms with Crippen molar-refractivity contribution >= 4 is 12.2 Å².